The van der Waals surface area contributed by atoms with E-state index in [2.05, 4.69) is 53.3 Å². The maximum Gasteiger partial charge on any atom is 0.189 e. The summed E-state index contributed by atoms with van der Waals surface area (Å²) in [6, 6.07) is 9.21. The summed E-state index contributed by atoms with van der Waals surface area (Å²) in [5, 5.41) is 3.41. The van der Waals surface area contributed by atoms with Crippen LogP contribution < -0.4 is 11.1 Å². The van der Waals surface area contributed by atoms with Crippen LogP contribution in [0.2, 0.25) is 0 Å². The highest BCUT2D eigenvalue weighted by atomic mass is 127. The van der Waals surface area contributed by atoms with Gasteiger partial charge in [0.05, 0.1) is 6.54 Å². The van der Waals surface area contributed by atoms with Crippen molar-refractivity contribution in [3.8, 4) is 0 Å². The summed E-state index contributed by atoms with van der Waals surface area (Å²) in [6.45, 7) is 8.22. The first-order chi connectivity index (χ1) is 11.7. The van der Waals surface area contributed by atoms with E-state index in [-0.39, 0.29) is 24.0 Å². The van der Waals surface area contributed by atoms with E-state index in [9.17, 15) is 0 Å². The Morgan fingerprint density at radius 1 is 1.12 bits per heavy atom. The maximum atomic E-state index is 6.10. The normalized spacial score (nSPS) is 16.4. The molecule has 0 aromatic heterocycles. The van der Waals surface area contributed by atoms with Crippen LogP contribution in [0.25, 0.3) is 0 Å². The van der Waals surface area contributed by atoms with E-state index in [1.54, 1.807) is 0 Å². The van der Waals surface area contributed by atoms with Gasteiger partial charge in [-0.2, -0.15) is 0 Å². The van der Waals surface area contributed by atoms with Crippen molar-refractivity contribution in [1.29, 1.82) is 0 Å². The first-order valence-corrected chi connectivity index (χ1v) is 9.58. The molecule has 0 bridgehead atoms. The minimum absolute atomic E-state index is 0. The Labute approximate surface area is 170 Å². The monoisotopic (exact) mass is 458 g/mol. The molecule has 2 rings (SSSR count). The molecule has 0 aliphatic heterocycles. The molecule has 1 saturated carbocycles. The minimum Gasteiger partial charge on any atom is -0.370 e. The van der Waals surface area contributed by atoms with Crippen LogP contribution in [0, 0.1) is 0 Å². The third-order valence-electron chi connectivity index (χ3n) is 4.93. The smallest absolute Gasteiger partial charge is 0.189 e. The molecule has 0 unspecified atom stereocenters. The number of nitrogens with two attached hydrogens (primary N) is 1. The van der Waals surface area contributed by atoms with Crippen LogP contribution in [0.3, 0.4) is 0 Å². The molecule has 4 nitrogen and oxygen atoms in total. The lowest BCUT2D eigenvalue weighted by Crippen LogP contribution is -2.39. The van der Waals surface area contributed by atoms with Gasteiger partial charge in [-0.05, 0) is 37.1 Å². The second-order valence-corrected chi connectivity index (χ2v) is 6.82. The van der Waals surface area contributed by atoms with Crippen LogP contribution in [0.15, 0.2) is 29.3 Å². The van der Waals surface area contributed by atoms with Gasteiger partial charge in [0.25, 0.3) is 0 Å². The van der Waals surface area contributed by atoms with Crippen molar-refractivity contribution < 1.29 is 0 Å². The van der Waals surface area contributed by atoms with E-state index >= 15 is 0 Å². The average Bonchev–Trinajstić information content (AvgIpc) is 2.87. The topological polar surface area (TPSA) is 53.6 Å². The maximum absolute atomic E-state index is 6.10. The van der Waals surface area contributed by atoms with Crippen molar-refractivity contribution in [2.45, 2.75) is 71.5 Å². The Balaban J connectivity index is 0.00000312. The molecule has 0 heterocycles. The van der Waals surface area contributed by atoms with Gasteiger partial charge >= 0.3 is 0 Å². The first-order valence-electron chi connectivity index (χ1n) is 9.58. The Morgan fingerprint density at radius 3 is 2.40 bits per heavy atom. The minimum atomic E-state index is 0. The molecule has 1 aromatic rings. The molecular weight excluding hydrogens is 423 g/mol. The van der Waals surface area contributed by atoms with Crippen molar-refractivity contribution in [2.24, 2.45) is 10.7 Å². The summed E-state index contributed by atoms with van der Waals surface area (Å²) in [6.07, 6.45) is 7.75. The third-order valence-corrected chi connectivity index (χ3v) is 4.93. The average molecular weight is 458 g/mol. The number of aliphatic imine (C=N–C) groups is 1. The molecule has 0 spiro atoms. The predicted octanol–water partition coefficient (Wildman–Crippen LogP) is 4.27. The van der Waals surface area contributed by atoms with Crippen molar-refractivity contribution in [3.63, 3.8) is 0 Å². The lowest BCUT2D eigenvalue weighted by molar-refractivity contribution is 0.296. The van der Waals surface area contributed by atoms with Crippen LogP contribution in [0.5, 0.6) is 0 Å². The molecule has 1 aliphatic rings. The number of benzene rings is 1. The molecule has 3 N–H and O–H groups in total. The molecular formula is C20H35IN4. The summed E-state index contributed by atoms with van der Waals surface area (Å²) in [5.74, 6) is 0.594. The van der Waals surface area contributed by atoms with Crippen LogP contribution in [-0.2, 0) is 13.1 Å². The van der Waals surface area contributed by atoms with Gasteiger partial charge in [0.1, 0.15) is 0 Å². The Morgan fingerprint density at radius 2 is 1.76 bits per heavy atom. The van der Waals surface area contributed by atoms with Gasteiger partial charge < -0.3 is 11.1 Å². The zero-order valence-electron chi connectivity index (χ0n) is 15.8. The quantitative estimate of drug-likeness (QED) is 0.278. The number of halogens is 1. The SMILES string of the molecule is CCN(CC)Cc1cccc(CN=C(N)NC2CCCCCC2)c1.I. The lowest BCUT2D eigenvalue weighted by Gasteiger charge is -2.18. The first kappa shape index (κ1) is 22.2. The lowest BCUT2D eigenvalue weighted by atomic mass is 10.1. The molecule has 0 radical (unpaired) electrons. The molecule has 0 amide bonds. The highest BCUT2D eigenvalue weighted by Gasteiger charge is 2.12. The standard InChI is InChI=1S/C20H34N4.HI/c1-3-24(4-2)16-18-11-9-10-17(14-18)15-22-20(21)23-19-12-7-5-6-8-13-19;/h9-11,14,19H,3-8,12-13,15-16H2,1-2H3,(H3,21,22,23);1H. The number of hydrogen-bond acceptors (Lipinski definition) is 2. The van der Waals surface area contributed by atoms with Gasteiger partial charge in [0, 0.05) is 12.6 Å². The van der Waals surface area contributed by atoms with Gasteiger partial charge in [-0.25, -0.2) is 4.99 Å². The highest BCUT2D eigenvalue weighted by molar-refractivity contribution is 14.0. The van der Waals surface area contributed by atoms with Crippen molar-refractivity contribution in [2.75, 3.05) is 13.1 Å². The van der Waals surface area contributed by atoms with Crippen LogP contribution >= 0.6 is 24.0 Å². The Kier molecular flexibility index (Phi) is 11.1. The summed E-state index contributed by atoms with van der Waals surface area (Å²) in [5.41, 5.74) is 8.67. The molecule has 1 fully saturated rings. The fraction of sp³-hybridized carbons (Fsp3) is 0.650. The number of guanidine groups is 1. The van der Waals surface area contributed by atoms with Gasteiger partial charge in [0.2, 0.25) is 0 Å². The number of nitrogens with zero attached hydrogens (tertiary/aromatic N) is 2. The van der Waals surface area contributed by atoms with Crippen LogP contribution in [0.4, 0.5) is 0 Å². The van der Waals surface area contributed by atoms with Crippen molar-refractivity contribution in [3.05, 3.63) is 35.4 Å². The van der Waals surface area contributed by atoms with Crippen molar-refractivity contribution >= 4 is 29.9 Å². The van der Waals surface area contributed by atoms with E-state index in [0.717, 1.165) is 19.6 Å². The number of hydrogen-bond donors (Lipinski definition) is 2. The summed E-state index contributed by atoms with van der Waals surface area (Å²) >= 11 is 0. The largest absolute Gasteiger partial charge is 0.370 e. The van der Waals surface area contributed by atoms with E-state index in [0.29, 0.717) is 18.5 Å². The Hall–Kier alpha value is -0.820. The van der Waals surface area contributed by atoms with Crippen LogP contribution in [-0.4, -0.2) is 30.0 Å². The van der Waals surface area contributed by atoms with E-state index in [1.807, 2.05) is 0 Å². The zero-order chi connectivity index (χ0) is 17.2. The second kappa shape index (κ2) is 12.5. The van der Waals surface area contributed by atoms with E-state index in [4.69, 9.17) is 5.73 Å². The summed E-state index contributed by atoms with van der Waals surface area (Å²) < 4.78 is 0. The van der Waals surface area contributed by atoms with Gasteiger partial charge in [-0.1, -0.05) is 63.8 Å². The fourth-order valence-electron chi connectivity index (χ4n) is 3.39. The molecule has 1 aliphatic carbocycles. The van der Waals surface area contributed by atoms with E-state index < -0.39 is 0 Å². The highest BCUT2D eigenvalue weighted by Crippen LogP contribution is 2.17. The number of rotatable bonds is 7. The van der Waals surface area contributed by atoms with Gasteiger partial charge in [-0.3, -0.25) is 4.90 Å². The van der Waals surface area contributed by atoms with E-state index in [1.165, 1.54) is 49.7 Å². The zero-order valence-corrected chi connectivity index (χ0v) is 18.2. The summed E-state index contributed by atoms with van der Waals surface area (Å²) in [7, 11) is 0. The van der Waals surface area contributed by atoms with Crippen LogP contribution in [0.1, 0.15) is 63.5 Å². The van der Waals surface area contributed by atoms with Crippen molar-refractivity contribution in [1.82, 2.24) is 10.2 Å². The van der Waals surface area contributed by atoms with Gasteiger partial charge in [-0.15, -0.1) is 24.0 Å². The molecule has 0 atom stereocenters. The molecule has 142 valence electrons. The predicted molar refractivity (Wildman–Crippen MR) is 118 cm³/mol. The molecule has 25 heavy (non-hydrogen) atoms. The molecule has 1 aromatic carbocycles. The third kappa shape index (κ3) is 8.40. The fourth-order valence-corrected chi connectivity index (χ4v) is 3.39. The second-order valence-electron chi connectivity index (χ2n) is 6.82. The summed E-state index contributed by atoms with van der Waals surface area (Å²) in [4.78, 5) is 6.97. The van der Waals surface area contributed by atoms with Gasteiger partial charge in [0.15, 0.2) is 5.96 Å². The molecule has 5 heteroatoms. The molecule has 0 saturated heterocycles. The number of nitrogens with one attached hydrogen (secondary N) is 1. The Bertz CT molecular complexity index is 506.